The lowest BCUT2D eigenvalue weighted by molar-refractivity contribution is -0.121. The highest BCUT2D eigenvalue weighted by Crippen LogP contribution is 2.42. The third-order valence-electron chi connectivity index (χ3n) is 6.27. The molecule has 35 heavy (non-hydrogen) atoms. The van der Waals surface area contributed by atoms with E-state index in [1.165, 1.54) is 29.8 Å². The van der Waals surface area contributed by atoms with Crippen molar-refractivity contribution in [3.05, 3.63) is 81.0 Å². The molecule has 4 aromatic rings. The zero-order chi connectivity index (χ0) is 24.9. The van der Waals surface area contributed by atoms with E-state index in [9.17, 15) is 14.4 Å². The zero-order valence-corrected chi connectivity index (χ0v) is 20.5. The Bertz CT molecular complexity index is 1600. The van der Waals surface area contributed by atoms with Crippen LogP contribution < -0.4 is 15.6 Å². The van der Waals surface area contributed by atoms with Gasteiger partial charge in [-0.2, -0.15) is 0 Å². The fraction of sp³-hybridized carbons (Fsp3) is 0.185. The van der Waals surface area contributed by atoms with Gasteiger partial charge in [0.15, 0.2) is 10.6 Å². The van der Waals surface area contributed by atoms with Gasteiger partial charge in [-0.1, -0.05) is 17.7 Å². The molecule has 7 nitrogen and oxygen atoms in total. The van der Waals surface area contributed by atoms with Gasteiger partial charge in [0, 0.05) is 29.8 Å². The predicted octanol–water partition coefficient (Wildman–Crippen LogP) is 5.13. The minimum Gasteiger partial charge on any atom is -0.463 e. The average Bonchev–Trinajstić information content (AvgIpc) is 3.36. The van der Waals surface area contributed by atoms with Crippen LogP contribution in [0, 0.1) is 6.92 Å². The van der Waals surface area contributed by atoms with Gasteiger partial charge in [0.1, 0.15) is 11.8 Å². The van der Waals surface area contributed by atoms with E-state index in [1.807, 2.05) is 50.4 Å². The summed E-state index contributed by atoms with van der Waals surface area (Å²) >= 11 is 1.30. The van der Waals surface area contributed by atoms with Gasteiger partial charge in [0.25, 0.3) is 0 Å². The molecule has 5 rings (SSSR count). The highest BCUT2D eigenvalue weighted by molar-refractivity contribution is 7.14. The van der Waals surface area contributed by atoms with Crippen LogP contribution in [0.15, 0.2) is 63.3 Å². The number of carbonyl (C=O) groups excluding carboxylic acids is 2. The summed E-state index contributed by atoms with van der Waals surface area (Å²) in [5.41, 5.74) is 4.37. The van der Waals surface area contributed by atoms with Crippen LogP contribution in [0.3, 0.4) is 0 Å². The first kappa shape index (κ1) is 22.7. The van der Waals surface area contributed by atoms with Crippen LogP contribution in [0.2, 0.25) is 0 Å². The number of amides is 2. The van der Waals surface area contributed by atoms with E-state index in [-0.39, 0.29) is 11.3 Å². The van der Waals surface area contributed by atoms with Gasteiger partial charge >= 0.3 is 0 Å². The second-order valence-corrected chi connectivity index (χ2v) is 9.96. The van der Waals surface area contributed by atoms with E-state index < -0.39 is 11.3 Å². The Morgan fingerprint density at radius 3 is 2.77 bits per heavy atom. The largest absolute Gasteiger partial charge is 0.463 e. The maximum Gasteiger partial charge on any atom is 0.250 e. The van der Waals surface area contributed by atoms with Crippen molar-refractivity contribution in [2.24, 2.45) is 0 Å². The first-order chi connectivity index (χ1) is 16.6. The lowest BCUT2D eigenvalue weighted by atomic mass is 9.85. The molecule has 0 aliphatic carbocycles. The molecule has 0 spiro atoms. The molecule has 0 fully saturated rings. The minimum atomic E-state index is -0.605. The number of hydrogen-bond acceptors (Lipinski definition) is 6. The van der Waals surface area contributed by atoms with Crippen LogP contribution in [-0.4, -0.2) is 23.8 Å². The molecule has 2 amide bonds. The molecular formula is C27H23N3O4S. The molecule has 3 heterocycles. The third-order valence-corrected chi connectivity index (χ3v) is 7.03. The van der Waals surface area contributed by atoms with Gasteiger partial charge in [-0.25, -0.2) is 4.98 Å². The van der Waals surface area contributed by atoms with Crippen molar-refractivity contribution in [1.29, 1.82) is 0 Å². The lowest BCUT2D eigenvalue weighted by Gasteiger charge is -2.16. The van der Waals surface area contributed by atoms with E-state index in [1.54, 1.807) is 24.1 Å². The van der Waals surface area contributed by atoms with E-state index in [0.29, 0.717) is 27.4 Å². The third kappa shape index (κ3) is 3.95. The molecule has 1 aliphatic rings. The minimum absolute atomic E-state index is 0.0539. The van der Waals surface area contributed by atoms with Crippen molar-refractivity contribution in [1.82, 2.24) is 4.98 Å². The summed E-state index contributed by atoms with van der Waals surface area (Å²) in [4.78, 5) is 43.9. The second-order valence-electron chi connectivity index (χ2n) is 9.10. The van der Waals surface area contributed by atoms with Crippen LogP contribution in [0.25, 0.3) is 28.3 Å². The number of likely N-dealkylation sites (N-methyl/N-ethyl adjacent to an activating group) is 1. The molecule has 0 saturated heterocycles. The van der Waals surface area contributed by atoms with Crippen LogP contribution in [0.5, 0.6) is 0 Å². The maximum atomic E-state index is 12.7. The molecule has 2 aromatic heterocycles. The predicted molar refractivity (Wildman–Crippen MR) is 139 cm³/mol. The summed E-state index contributed by atoms with van der Waals surface area (Å²) in [6.45, 7) is 5.73. The monoisotopic (exact) mass is 485 g/mol. The highest BCUT2D eigenvalue weighted by Gasteiger charge is 2.42. The molecule has 0 unspecified atom stereocenters. The number of nitrogens with zero attached hydrogens (tertiary/aromatic N) is 2. The molecule has 0 radical (unpaired) electrons. The molecule has 0 saturated carbocycles. The normalized spacial score (nSPS) is 14.6. The average molecular weight is 486 g/mol. The first-order valence-corrected chi connectivity index (χ1v) is 11.9. The highest BCUT2D eigenvalue weighted by atomic mass is 32.1. The van der Waals surface area contributed by atoms with Crippen molar-refractivity contribution in [3.8, 4) is 11.3 Å². The van der Waals surface area contributed by atoms with Crippen molar-refractivity contribution in [2.75, 3.05) is 17.3 Å². The van der Waals surface area contributed by atoms with Gasteiger partial charge < -0.3 is 9.32 Å². The number of carbonyl (C=O) groups is 2. The number of hydrogen-bond donors (Lipinski definition) is 1. The first-order valence-electron chi connectivity index (χ1n) is 11.0. The molecule has 0 bridgehead atoms. The molecule has 8 heteroatoms. The number of anilines is 2. The van der Waals surface area contributed by atoms with Crippen molar-refractivity contribution in [2.45, 2.75) is 26.2 Å². The number of nitrogens with one attached hydrogen (secondary N) is 1. The van der Waals surface area contributed by atoms with E-state index in [0.717, 1.165) is 22.4 Å². The van der Waals surface area contributed by atoms with E-state index in [4.69, 9.17) is 4.42 Å². The van der Waals surface area contributed by atoms with Crippen molar-refractivity contribution < 1.29 is 14.0 Å². The number of aromatic nitrogens is 1. The molecule has 2 aromatic carbocycles. The fourth-order valence-electron chi connectivity index (χ4n) is 4.28. The Kier molecular flexibility index (Phi) is 5.40. The second kappa shape index (κ2) is 8.32. The molecule has 1 aliphatic heterocycles. The van der Waals surface area contributed by atoms with E-state index >= 15 is 0 Å². The maximum absolute atomic E-state index is 12.7. The quantitative estimate of drug-likeness (QED) is 0.405. The molecule has 0 atom stereocenters. The number of aryl methyl sites for hydroxylation is 1. The summed E-state index contributed by atoms with van der Waals surface area (Å²) in [6.07, 6.45) is 4.07. The number of benzene rings is 2. The standard InChI is InChI=1S/C27H23N3O4S/c1-15-5-9-22-18(11-15)24(32)17(13-34-22)7-10-23(31)29-26-28-20(14-35-26)16-6-8-21-19(12-16)27(2,3)25(33)30(21)4/h5-14H,1-4H3,(H,28,29,31)/b10-7+. The Balaban J connectivity index is 1.33. The van der Waals surface area contributed by atoms with Crippen LogP contribution in [-0.2, 0) is 15.0 Å². The number of thiazole rings is 1. The van der Waals surface area contributed by atoms with Gasteiger partial charge in [0.2, 0.25) is 11.8 Å². The van der Waals surface area contributed by atoms with Crippen LogP contribution >= 0.6 is 11.3 Å². The Hall–Kier alpha value is -4.04. The lowest BCUT2D eigenvalue weighted by Crippen LogP contribution is -2.33. The molecule has 176 valence electrons. The van der Waals surface area contributed by atoms with Crippen molar-refractivity contribution in [3.63, 3.8) is 0 Å². The summed E-state index contributed by atoms with van der Waals surface area (Å²) in [5.74, 6) is -0.352. The van der Waals surface area contributed by atoms with E-state index in [2.05, 4.69) is 10.3 Å². The smallest absolute Gasteiger partial charge is 0.250 e. The summed E-state index contributed by atoms with van der Waals surface area (Å²) in [5, 5.41) is 5.50. The Labute approximate surface area is 205 Å². The fourth-order valence-corrected chi connectivity index (χ4v) is 5.01. The van der Waals surface area contributed by atoms with Gasteiger partial charge in [0.05, 0.1) is 22.1 Å². The van der Waals surface area contributed by atoms with Gasteiger partial charge in [-0.05, 0) is 56.7 Å². The number of fused-ring (bicyclic) bond motifs is 2. The summed E-state index contributed by atoms with van der Waals surface area (Å²) in [6, 6.07) is 11.2. The van der Waals surface area contributed by atoms with Gasteiger partial charge in [-0.15, -0.1) is 11.3 Å². The Morgan fingerprint density at radius 1 is 1.17 bits per heavy atom. The zero-order valence-electron chi connectivity index (χ0n) is 19.7. The summed E-state index contributed by atoms with van der Waals surface area (Å²) < 4.78 is 5.52. The topological polar surface area (TPSA) is 92.5 Å². The van der Waals surface area contributed by atoms with Gasteiger partial charge in [-0.3, -0.25) is 19.7 Å². The summed E-state index contributed by atoms with van der Waals surface area (Å²) in [7, 11) is 1.78. The van der Waals surface area contributed by atoms with Crippen molar-refractivity contribution >= 4 is 51.0 Å². The Morgan fingerprint density at radius 2 is 1.97 bits per heavy atom. The van der Waals surface area contributed by atoms with Crippen LogP contribution in [0.4, 0.5) is 10.8 Å². The SMILES string of the molecule is Cc1ccc2occ(/C=C/C(=O)Nc3nc(-c4ccc5c(c4)C(C)(C)C(=O)N5C)cs3)c(=O)c2c1. The molecular weight excluding hydrogens is 462 g/mol. The van der Waals surface area contributed by atoms with Crippen LogP contribution in [0.1, 0.15) is 30.5 Å². The number of rotatable bonds is 4. The molecule has 1 N–H and O–H groups in total.